The molecule has 0 saturated carbocycles. The van der Waals surface area contributed by atoms with Crippen LogP contribution in [0.2, 0.25) is 0 Å². The molecule has 3 rings (SSSR count). The van der Waals surface area contributed by atoms with E-state index >= 15 is 0 Å². The van der Waals surface area contributed by atoms with E-state index < -0.39 is 6.04 Å². The molecule has 1 saturated heterocycles. The van der Waals surface area contributed by atoms with E-state index in [9.17, 15) is 9.59 Å². The summed E-state index contributed by atoms with van der Waals surface area (Å²) >= 11 is 3.36. The van der Waals surface area contributed by atoms with Gasteiger partial charge in [0.15, 0.2) is 5.76 Å². The Morgan fingerprint density at radius 3 is 3.04 bits per heavy atom. The summed E-state index contributed by atoms with van der Waals surface area (Å²) in [5.41, 5.74) is 1.12. The maximum absolute atomic E-state index is 13.2. The van der Waals surface area contributed by atoms with Gasteiger partial charge in [0.25, 0.3) is 5.91 Å². The van der Waals surface area contributed by atoms with Gasteiger partial charge >= 0.3 is 0 Å². The zero-order valence-corrected chi connectivity index (χ0v) is 18.0. The van der Waals surface area contributed by atoms with Crippen LogP contribution in [0.4, 0.5) is 0 Å². The molecule has 28 heavy (non-hydrogen) atoms. The van der Waals surface area contributed by atoms with E-state index in [-0.39, 0.29) is 23.5 Å². The Hall–Kier alpha value is -1.80. The minimum atomic E-state index is -0.536. The second-order valence-corrected chi connectivity index (χ2v) is 8.81. The average Bonchev–Trinajstić information content (AvgIpc) is 3.42. The number of amides is 2. The van der Waals surface area contributed by atoms with Gasteiger partial charge in [-0.15, -0.1) is 11.3 Å². The fraction of sp³-hybridized carbons (Fsp3) is 0.550. The van der Waals surface area contributed by atoms with Gasteiger partial charge in [0.05, 0.1) is 17.0 Å². The Labute approximate surface area is 174 Å². The number of nitrogens with zero attached hydrogens (tertiary/aromatic N) is 2. The highest BCUT2D eigenvalue weighted by Gasteiger charge is 2.31. The van der Waals surface area contributed by atoms with Crippen molar-refractivity contribution in [3.8, 4) is 0 Å². The van der Waals surface area contributed by atoms with Gasteiger partial charge in [0.2, 0.25) is 5.91 Å². The number of carbonyl (C=O) groups is 2. The second kappa shape index (κ2) is 10.1. The molecule has 1 N–H and O–H groups in total. The zero-order chi connectivity index (χ0) is 19.9. The highest BCUT2D eigenvalue weighted by molar-refractivity contribution is 7.98. The van der Waals surface area contributed by atoms with Crippen molar-refractivity contribution < 1.29 is 14.0 Å². The van der Waals surface area contributed by atoms with E-state index in [1.165, 1.54) is 6.26 Å². The highest BCUT2D eigenvalue weighted by Crippen LogP contribution is 2.30. The van der Waals surface area contributed by atoms with Crippen molar-refractivity contribution >= 4 is 34.9 Å². The number of thioether (sulfide) groups is 1. The van der Waals surface area contributed by atoms with E-state index in [4.69, 9.17) is 9.40 Å². The fourth-order valence-corrected chi connectivity index (χ4v) is 4.90. The molecule has 2 unspecified atom stereocenters. The average molecular weight is 422 g/mol. The van der Waals surface area contributed by atoms with Gasteiger partial charge < -0.3 is 14.6 Å². The van der Waals surface area contributed by atoms with Crippen molar-refractivity contribution in [2.24, 2.45) is 0 Å². The summed E-state index contributed by atoms with van der Waals surface area (Å²) in [5.74, 6) is 0.966. The molecule has 0 bridgehead atoms. The van der Waals surface area contributed by atoms with Gasteiger partial charge in [0, 0.05) is 24.4 Å². The molecular formula is C20H27N3O3S2. The summed E-state index contributed by atoms with van der Waals surface area (Å²) in [5, 5.41) is 6.10. The number of aromatic nitrogens is 1. The normalized spacial score (nSPS) is 18.1. The van der Waals surface area contributed by atoms with E-state index in [1.54, 1.807) is 35.2 Å². The van der Waals surface area contributed by atoms with Crippen LogP contribution < -0.4 is 5.32 Å². The number of nitrogens with one attached hydrogen (secondary N) is 1. The minimum absolute atomic E-state index is 0.00840. The largest absolute Gasteiger partial charge is 0.459 e. The Bertz CT molecular complexity index is 776. The molecular weight excluding hydrogens is 394 g/mol. The number of piperidine rings is 1. The summed E-state index contributed by atoms with van der Waals surface area (Å²) in [7, 11) is 0. The maximum atomic E-state index is 13.2. The third kappa shape index (κ3) is 5.17. The van der Waals surface area contributed by atoms with Crippen LogP contribution in [0.3, 0.4) is 0 Å². The molecule has 2 atom stereocenters. The van der Waals surface area contributed by atoms with E-state index in [2.05, 4.69) is 17.6 Å². The third-order valence-corrected chi connectivity index (χ3v) is 6.67. The van der Waals surface area contributed by atoms with Crippen LogP contribution in [-0.2, 0) is 11.2 Å². The number of hydrogen-bond donors (Lipinski definition) is 1. The molecule has 0 aromatic carbocycles. The van der Waals surface area contributed by atoms with Crippen LogP contribution in [-0.4, -0.2) is 52.8 Å². The lowest BCUT2D eigenvalue weighted by Crippen LogP contribution is -2.51. The molecule has 1 fully saturated rings. The van der Waals surface area contributed by atoms with E-state index in [0.29, 0.717) is 13.0 Å². The number of likely N-dealkylation sites (tertiary alicyclic amines) is 1. The molecule has 1 aliphatic heterocycles. The minimum Gasteiger partial charge on any atom is -0.459 e. The lowest BCUT2D eigenvalue weighted by molar-refractivity contribution is -0.134. The molecule has 0 aliphatic carbocycles. The third-order valence-electron chi connectivity index (χ3n) is 4.97. The van der Waals surface area contributed by atoms with Crippen molar-refractivity contribution in [1.82, 2.24) is 15.2 Å². The van der Waals surface area contributed by atoms with Gasteiger partial charge in [-0.3, -0.25) is 9.59 Å². The van der Waals surface area contributed by atoms with Crippen molar-refractivity contribution in [3.63, 3.8) is 0 Å². The molecule has 152 valence electrons. The highest BCUT2D eigenvalue weighted by atomic mass is 32.2. The lowest BCUT2D eigenvalue weighted by Gasteiger charge is -2.34. The predicted octanol–water partition coefficient (Wildman–Crippen LogP) is 3.56. The first-order valence-corrected chi connectivity index (χ1v) is 12.0. The lowest BCUT2D eigenvalue weighted by atomic mass is 9.97. The van der Waals surface area contributed by atoms with Crippen molar-refractivity contribution in [3.05, 3.63) is 40.2 Å². The van der Waals surface area contributed by atoms with Gasteiger partial charge in [-0.05, 0) is 49.8 Å². The Kier molecular flexibility index (Phi) is 7.56. The summed E-state index contributed by atoms with van der Waals surface area (Å²) in [4.78, 5) is 32.2. The summed E-state index contributed by atoms with van der Waals surface area (Å²) < 4.78 is 5.16. The van der Waals surface area contributed by atoms with Crippen LogP contribution in [0, 0.1) is 0 Å². The van der Waals surface area contributed by atoms with E-state index in [1.807, 2.05) is 11.2 Å². The van der Waals surface area contributed by atoms with Crippen LogP contribution in [0.25, 0.3) is 0 Å². The van der Waals surface area contributed by atoms with Crippen molar-refractivity contribution in [2.45, 2.75) is 44.6 Å². The second-order valence-electron chi connectivity index (χ2n) is 6.94. The molecule has 2 aromatic heterocycles. The predicted molar refractivity (Wildman–Crippen MR) is 113 cm³/mol. The summed E-state index contributed by atoms with van der Waals surface area (Å²) in [6, 6.07) is 2.74. The van der Waals surface area contributed by atoms with Crippen molar-refractivity contribution in [2.75, 3.05) is 25.1 Å². The topological polar surface area (TPSA) is 75.4 Å². The quantitative estimate of drug-likeness (QED) is 0.705. The number of furan rings is 1. The summed E-state index contributed by atoms with van der Waals surface area (Å²) in [6.07, 6.45) is 7.00. The first-order chi connectivity index (χ1) is 13.6. The number of aryl methyl sites for hydroxylation is 1. The number of rotatable bonds is 8. The molecule has 2 aromatic rings. The molecule has 6 nitrogen and oxygen atoms in total. The van der Waals surface area contributed by atoms with Crippen LogP contribution >= 0.6 is 23.1 Å². The number of thiazole rings is 1. The Morgan fingerprint density at radius 1 is 1.50 bits per heavy atom. The van der Waals surface area contributed by atoms with Gasteiger partial charge in [-0.1, -0.05) is 6.92 Å². The van der Waals surface area contributed by atoms with Crippen LogP contribution in [0.5, 0.6) is 0 Å². The first kappa shape index (κ1) is 20.9. The molecule has 0 spiro atoms. The standard InChI is InChI=1S/C20H27N3O3S2/c1-3-15-13-28-19(21-15)14-6-4-9-23(12-14)20(25)16(8-11-27-2)22-18(24)17-7-5-10-26-17/h5,7,10,13-14,16H,3-4,6,8-9,11-12H2,1-2H3,(H,22,24). The Morgan fingerprint density at radius 2 is 2.36 bits per heavy atom. The molecule has 2 amide bonds. The first-order valence-electron chi connectivity index (χ1n) is 9.68. The number of hydrogen-bond acceptors (Lipinski definition) is 6. The van der Waals surface area contributed by atoms with Crippen molar-refractivity contribution in [1.29, 1.82) is 0 Å². The fourth-order valence-electron chi connectivity index (χ4n) is 3.40. The smallest absolute Gasteiger partial charge is 0.287 e. The van der Waals surface area contributed by atoms with E-state index in [0.717, 1.165) is 42.3 Å². The SMILES string of the molecule is CCc1csc(C2CCCN(C(=O)C(CCSC)NC(=O)c3ccco3)C2)n1. The van der Waals surface area contributed by atoms with Crippen LogP contribution in [0.15, 0.2) is 28.2 Å². The zero-order valence-electron chi connectivity index (χ0n) is 16.3. The summed E-state index contributed by atoms with van der Waals surface area (Å²) in [6.45, 7) is 3.50. The van der Waals surface area contributed by atoms with Crippen LogP contribution in [0.1, 0.15) is 53.4 Å². The molecule has 1 aliphatic rings. The maximum Gasteiger partial charge on any atom is 0.287 e. The molecule has 8 heteroatoms. The van der Waals surface area contributed by atoms with Gasteiger partial charge in [0.1, 0.15) is 6.04 Å². The van der Waals surface area contributed by atoms with Gasteiger partial charge in [-0.25, -0.2) is 4.98 Å². The molecule has 3 heterocycles. The molecule has 0 radical (unpaired) electrons. The number of carbonyl (C=O) groups excluding carboxylic acids is 2. The Balaban J connectivity index is 1.67. The monoisotopic (exact) mass is 421 g/mol. The van der Waals surface area contributed by atoms with Gasteiger partial charge in [-0.2, -0.15) is 11.8 Å².